The first kappa shape index (κ1) is 16.0. The molecule has 1 aliphatic rings. The fraction of sp³-hybridized carbons (Fsp3) is 0.588. The summed E-state index contributed by atoms with van der Waals surface area (Å²) in [5.41, 5.74) is 2.97. The molecule has 1 aromatic carbocycles. The first-order valence-electron chi connectivity index (χ1n) is 7.61. The Morgan fingerprint density at radius 2 is 2.05 bits per heavy atom. The molecule has 1 aromatic rings. The summed E-state index contributed by atoms with van der Waals surface area (Å²) >= 11 is 0. The number of aryl methyl sites for hydroxylation is 2. The molecular weight excluding hydrogens is 264 g/mol. The highest BCUT2D eigenvalue weighted by atomic mass is 16.5. The normalized spacial score (nSPS) is 17.5. The molecule has 0 radical (unpaired) electrons. The van der Waals surface area contributed by atoms with Gasteiger partial charge in [0.2, 0.25) is 0 Å². The third-order valence-corrected chi connectivity index (χ3v) is 4.38. The van der Waals surface area contributed by atoms with Crippen LogP contribution in [0.1, 0.15) is 34.3 Å². The fourth-order valence-corrected chi connectivity index (χ4v) is 2.98. The first-order chi connectivity index (χ1) is 10.1. The zero-order valence-corrected chi connectivity index (χ0v) is 13.3. The highest BCUT2D eigenvalue weighted by molar-refractivity contribution is 5.95. The van der Waals surface area contributed by atoms with E-state index in [0.29, 0.717) is 13.2 Å². The van der Waals surface area contributed by atoms with Crippen molar-refractivity contribution in [2.75, 3.05) is 33.4 Å². The van der Waals surface area contributed by atoms with Crippen LogP contribution in [0.3, 0.4) is 0 Å². The summed E-state index contributed by atoms with van der Waals surface area (Å²) < 4.78 is 5.39. The number of carbonyl (C=O) groups excluding carboxylic acids is 1. The molecule has 0 aromatic heterocycles. The molecule has 0 atom stereocenters. The Labute approximate surface area is 127 Å². The van der Waals surface area contributed by atoms with Crippen LogP contribution in [-0.2, 0) is 4.74 Å². The van der Waals surface area contributed by atoms with Crippen molar-refractivity contribution < 1.29 is 9.53 Å². The van der Waals surface area contributed by atoms with Gasteiger partial charge in [-0.3, -0.25) is 4.79 Å². The largest absolute Gasteiger partial charge is 0.384 e. The second-order valence-corrected chi connectivity index (χ2v) is 6.18. The van der Waals surface area contributed by atoms with Gasteiger partial charge in [0, 0.05) is 24.6 Å². The van der Waals surface area contributed by atoms with Crippen LogP contribution in [0, 0.1) is 19.3 Å². The minimum Gasteiger partial charge on any atom is -0.384 e. The van der Waals surface area contributed by atoms with E-state index in [2.05, 4.69) is 10.6 Å². The molecule has 1 aliphatic heterocycles. The molecular formula is C17H26N2O2. The van der Waals surface area contributed by atoms with Crippen LogP contribution in [0.25, 0.3) is 0 Å². The molecule has 0 spiro atoms. The van der Waals surface area contributed by atoms with Crippen molar-refractivity contribution >= 4 is 5.91 Å². The number of piperidine rings is 1. The Hall–Kier alpha value is -1.39. The Morgan fingerprint density at radius 1 is 1.33 bits per heavy atom. The van der Waals surface area contributed by atoms with E-state index in [0.717, 1.165) is 42.6 Å². The fourth-order valence-electron chi connectivity index (χ4n) is 2.98. The molecule has 2 N–H and O–H groups in total. The Balaban J connectivity index is 2.03. The summed E-state index contributed by atoms with van der Waals surface area (Å²) in [6, 6.07) is 5.99. The van der Waals surface area contributed by atoms with Crippen molar-refractivity contribution in [2.45, 2.75) is 26.7 Å². The van der Waals surface area contributed by atoms with Crippen LogP contribution in [0.4, 0.5) is 0 Å². The van der Waals surface area contributed by atoms with Crippen molar-refractivity contribution in [3.05, 3.63) is 34.9 Å². The third-order valence-electron chi connectivity index (χ3n) is 4.38. The molecule has 0 aliphatic carbocycles. The number of hydrogen-bond donors (Lipinski definition) is 2. The number of methoxy groups -OCH3 is 1. The topological polar surface area (TPSA) is 50.4 Å². The lowest BCUT2D eigenvalue weighted by Gasteiger charge is -2.37. The van der Waals surface area contributed by atoms with E-state index in [1.807, 2.05) is 32.0 Å². The van der Waals surface area contributed by atoms with Gasteiger partial charge in [0.15, 0.2) is 0 Å². The van der Waals surface area contributed by atoms with E-state index >= 15 is 0 Å². The average molecular weight is 290 g/mol. The SMILES string of the molecule is COCC1(CNC(=O)c2cc(C)ccc2C)CCNCC1. The van der Waals surface area contributed by atoms with Crippen LogP contribution >= 0.6 is 0 Å². The summed E-state index contributed by atoms with van der Waals surface area (Å²) in [6.07, 6.45) is 2.07. The van der Waals surface area contributed by atoms with Crippen molar-refractivity contribution in [1.29, 1.82) is 0 Å². The van der Waals surface area contributed by atoms with Gasteiger partial charge in [-0.15, -0.1) is 0 Å². The molecule has 1 fully saturated rings. The maximum absolute atomic E-state index is 12.4. The molecule has 0 unspecified atom stereocenters. The molecule has 4 heteroatoms. The number of ether oxygens (including phenoxy) is 1. The van der Waals surface area contributed by atoms with Gasteiger partial charge in [-0.25, -0.2) is 0 Å². The van der Waals surface area contributed by atoms with Crippen LogP contribution in [0.5, 0.6) is 0 Å². The summed E-state index contributed by atoms with van der Waals surface area (Å²) in [5, 5.41) is 6.48. The van der Waals surface area contributed by atoms with E-state index in [-0.39, 0.29) is 11.3 Å². The molecule has 2 rings (SSSR count). The van der Waals surface area contributed by atoms with E-state index in [1.165, 1.54) is 0 Å². The molecule has 1 saturated heterocycles. The van der Waals surface area contributed by atoms with Crippen molar-refractivity contribution in [1.82, 2.24) is 10.6 Å². The van der Waals surface area contributed by atoms with E-state index in [1.54, 1.807) is 7.11 Å². The number of carbonyl (C=O) groups is 1. The predicted octanol–water partition coefficient (Wildman–Crippen LogP) is 2.05. The molecule has 21 heavy (non-hydrogen) atoms. The zero-order chi connectivity index (χ0) is 15.3. The molecule has 0 saturated carbocycles. The number of hydrogen-bond acceptors (Lipinski definition) is 3. The van der Waals surface area contributed by atoms with Gasteiger partial charge in [-0.1, -0.05) is 17.7 Å². The van der Waals surface area contributed by atoms with Crippen molar-refractivity contribution in [3.63, 3.8) is 0 Å². The standard InChI is InChI=1S/C17H26N2O2/c1-13-4-5-14(2)15(10-13)16(20)19-11-17(12-21-3)6-8-18-9-7-17/h4-5,10,18H,6-9,11-12H2,1-3H3,(H,19,20). The Morgan fingerprint density at radius 3 is 2.71 bits per heavy atom. The molecule has 1 amide bonds. The first-order valence-corrected chi connectivity index (χ1v) is 7.61. The number of benzene rings is 1. The number of nitrogens with one attached hydrogen (secondary N) is 2. The van der Waals surface area contributed by atoms with Crippen molar-refractivity contribution in [3.8, 4) is 0 Å². The molecule has 1 heterocycles. The highest BCUT2D eigenvalue weighted by Crippen LogP contribution is 2.28. The number of rotatable bonds is 5. The monoisotopic (exact) mass is 290 g/mol. The lowest BCUT2D eigenvalue weighted by molar-refractivity contribution is 0.0511. The minimum absolute atomic E-state index is 0.0187. The van der Waals surface area contributed by atoms with Gasteiger partial charge < -0.3 is 15.4 Å². The zero-order valence-electron chi connectivity index (χ0n) is 13.3. The van der Waals surface area contributed by atoms with Gasteiger partial charge in [0.05, 0.1) is 6.61 Å². The van der Waals surface area contributed by atoms with Crippen LogP contribution in [-0.4, -0.2) is 39.3 Å². The van der Waals surface area contributed by atoms with Gasteiger partial charge in [0.1, 0.15) is 0 Å². The summed E-state index contributed by atoms with van der Waals surface area (Å²) in [4.78, 5) is 12.4. The Bertz CT molecular complexity index is 488. The van der Waals surface area contributed by atoms with Crippen LogP contribution in [0.2, 0.25) is 0 Å². The summed E-state index contributed by atoms with van der Waals surface area (Å²) in [7, 11) is 1.73. The lowest BCUT2D eigenvalue weighted by Crippen LogP contribution is -2.47. The van der Waals surface area contributed by atoms with Gasteiger partial charge in [-0.05, 0) is 51.4 Å². The smallest absolute Gasteiger partial charge is 0.251 e. The maximum atomic E-state index is 12.4. The van der Waals surface area contributed by atoms with Crippen LogP contribution < -0.4 is 10.6 Å². The second kappa shape index (κ2) is 7.05. The average Bonchev–Trinajstić information content (AvgIpc) is 2.49. The van der Waals surface area contributed by atoms with Gasteiger partial charge in [0.25, 0.3) is 5.91 Å². The molecule has 116 valence electrons. The summed E-state index contributed by atoms with van der Waals surface area (Å²) in [6.45, 7) is 7.33. The van der Waals surface area contributed by atoms with Crippen LogP contribution in [0.15, 0.2) is 18.2 Å². The minimum atomic E-state index is 0.0187. The van der Waals surface area contributed by atoms with E-state index in [4.69, 9.17) is 4.74 Å². The Kier molecular flexibility index (Phi) is 5.37. The maximum Gasteiger partial charge on any atom is 0.251 e. The molecule has 4 nitrogen and oxygen atoms in total. The molecule has 0 bridgehead atoms. The highest BCUT2D eigenvalue weighted by Gasteiger charge is 2.32. The van der Waals surface area contributed by atoms with Crippen molar-refractivity contribution in [2.24, 2.45) is 5.41 Å². The summed E-state index contributed by atoms with van der Waals surface area (Å²) in [5.74, 6) is 0.0187. The van der Waals surface area contributed by atoms with E-state index < -0.39 is 0 Å². The van der Waals surface area contributed by atoms with Gasteiger partial charge >= 0.3 is 0 Å². The second-order valence-electron chi connectivity index (χ2n) is 6.18. The number of amides is 1. The lowest BCUT2D eigenvalue weighted by atomic mass is 9.79. The third kappa shape index (κ3) is 4.05. The van der Waals surface area contributed by atoms with E-state index in [9.17, 15) is 4.79 Å². The van der Waals surface area contributed by atoms with Gasteiger partial charge in [-0.2, -0.15) is 0 Å². The predicted molar refractivity (Wildman–Crippen MR) is 84.7 cm³/mol. The quantitative estimate of drug-likeness (QED) is 0.872.